The van der Waals surface area contributed by atoms with E-state index in [1.807, 2.05) is 0 Å². The molecule has 0 heterocycles. The second-order valence-electron chi connectivity index (χ2n) is 3.84. The molecule has 1 unspecified atom stereocenters. The third-order valence-electron chi connectivity index (χ3n) is 1.98. The smallest absolute Gasteiger partial charge is 0.373 e. The van der Waals surface area contributed by atoms with Crippen LogP contribution in [0, 0.1) is 0 Å². The van der Waals surface area contributed by atoms with Gasteiger partial charge in [0.1, 0.15) is 6.61 Å². The zero-order valence-corrected chi connectivity index (χ0v) is 9.32. The van der Waals surface area contributed by atoms with Crippen molar-refractivity contribution in [1.29, 1.82) is 0 Å². The van der Waals surface area contributed by atoms with E-state index >= 15 is 0 Å². The Balaban J connectivity index is 3.69. The third kappa shape index (κ3) is 8.51. The highest BCUT2D eigenvalue weighted by Crippen LogP contribution is 2.24. The summed E-state index contributed by atoms with van der Waals surface area (Å²) >= 11 is 0. The largest absolute Gasteiger partial charge is 0.389 e. The van der Waals surface area contributed by atoms with E-state index < -0.39 is 44.2 Å². The van der Waals surface area contributed by atoms with Crippen LogP contribution < -0.4 is 5.73 Å². The van der Waals surface area contributed by atoms with Crippen LogP contribution in [0.25, 0.3) is 0 Å². The molecule has 0 amide bonds. The number of halogens is 7. The first-order chi connectivity index (χ1) is 8.04. The van der Waals surface area contributed by atoms with Crippen molar-refractivity contribution in [2.24, 2.45) is 5.73 Å². The van der Waals surface area contributed by atoms with Crippen LogP contribution in [0.5, 0.6) is 0 Å². The molecule has 18 heavy (non-hydrogen) atoms. The monoisotopic (exact) mass is 285 g/mol. The molecule has 0 saturated carbocycles. The first-order valence-electron chi connectivity index (χ1n) is 5.10. The molecule has 0 aromatic heterocycles. The molecule has 0 aliphatic rings. The highest BCUT2D eigenvalue weighted by atomic mass is 19.4. The number of hydrogen-bond acceptors (Lipinski definition) is 2. The summed E-state index contributed by atoms with van der Waals surface area (Å²) in [5.41, 5.74) is 5.28. The lowest BCUT2D eigenvalue weighted by molar-refractivity contribution is -0.166. The van der Waals surface area contributed by atoms with E-state index in [0.29, 0.717) is 0 Å². The maximum absolute atomic E-state index is 12.3. The fourth-order valence-electron chi connectivity index (χ4n) is 1.06. The fourth-order valence-corrected chi connectivity index (χ4v) is 1.06. The van der Waals surface area contributed by atoms with E-state index in [2.05, 4.69) is 4.74 Å². The van der Waals surface area contributed by atoms with Gasteiger partial charge in [0.2, 0.25) is 0 Å². The molecule has 1 atom stereocenters. The van der Waals surface area contributed by atoms with Gasteiger partial charge in [0.05, 0.1) is 6.61 Å². The Hall–Kier alpha value is -0.570. The topological polar surface area (TPSA) is 35.2 Å². The lowest BCUT2D eigenvalue weighted by atomic mass is 10.1. The second-order valence-corrected chi connectivity index (χ2v) is 3.84. The second kappa shape index (κ2) is 7.13. The van der Waals surface area contributed by atoms with Crippen LogP contribution in [0.2, 0.25) is 0 Å². The summed E-state index contributed by atoms with van der Waals surface area (Å²) in [5.74, 6) is -4.27. The molecule has 110 valence electrons. The minimum atomic E-state index is -4.30. The summed E-state index contributed by atoms with van der Waals surface area (Å²) in [6.45, 7) is -1.99. The van der Waals surface area contributed by atoms with Crippen molar-refractivity contribution in [2.45, 2.75) is 43.8 Å². The molecule has 0 aromatic carbocycles. The molecule has 2 nitrogen and oxygen atoms in total. The highest BCUT2D eigenvalue weighted by molar-refractivity contribution is 4.69. The number of rotatable bonds is 8. The lowest BCUT2D eigenvalue weighted by Crippen LogP contribution is -2.35. The molecule has 0 radical (unpaired) electrons. The van der Waals surface area contributed by atoms with Gasteiger partial charge in [-0.3, -0.25) is 0 Å². The molecule has 0 aliphatic carbocycles. The molecule has 0 saturated heterocycles. The lowest BCUT2D eigenvalue weighted by Gasteiger charge is -2.17. The van der Waals surface area contributed by atoms with Crippen molar-refractivity contribution in [1.82, 2.24) is 0 Å². The minimum absolute atomic E-state index is 0.0836. The Morgan fingerprint density at radius 3 is 2.06 bits per heavy atom. The normalized spacial score (nSPS) is 15.2. The molecule has 0 aliphatic heterocycles. The van der Waals surface area contributed by atoms with Crippen molar-refractivity contribution in [2.75, 3.05) is 13.2 Å². The maximum atomic E-state index is 12.3. The molecule has 0 rings (SSSR count). The van der Waals surface area contributed by atoms with Crippen molar-refractivity contribution < 1.29 is 35.5 Å². The van der Waals surface area contributed by atoms with Crippen LogP contribution in [0.1, 0.15) is 19.3 Å². The molecule has 2 N–H and O–H groups in total. The van der Waals surface area contributed by atoms with Gasteiger partial charge in [0.15, 0.2) is 0 Å². The van der Waals surface area contributed by atoms with E-state index in [0.717, 1.165) is 0 Å². The van der Waals surface area contributed by atoms with Crippen LogP contribution in [-0.2, 0) is 4.74 Å². The van der Waals surface area contributed by atoms with Crippen molar-refractivity contribution in [3.05, 3.63) is 0 Å². The quantitative estimate of drug-likeness (QED) is 0.696. The zero-order chi connectivity index (χ0) is 14.4. The SMILES string of the molecule is NC(CCCC(F)(F)F)COCC(F)(F)C(F)F. The number of alkyl halides is 7. The van der Waals surface area contributed by atoms with E-state index in [9.17, 15) is 30.7 Å². The number of hydrogen-bond donors (Lipinski definition) is 1. The molecule has 9 heteroatoms. The molecule has 0 bridgehead atoms. The minimum Gasteiger partial charge on any atom is -0.373 e. The predicted molar refractivity (Wildman–Crippen MR) is 49.7 cm³/mol. The Bertz CT molecular complexity index is 231. The van der Waals surface area contributed by atoms with Crippen molar-refractivity contribution in [3.63, 3.8) is 0 Å². The fraction of sp³-hybridized carbons (Fsp3) is 1.00. The number of ether oxygens (including phenoxy) is 1. The van der Waals surface area contributed by atoms with Crippen LogP contribution in [0.15, 0.2) is 0 Å². The van der Waals surface area contributed by atoms with Crippen LogP contribution in [-0.4, -0.2) is 37.8 Å². The molecule has 0 spiro atoms. The zero-order valence-electron chi connectivity index (χ0n) is 9.32. The average molecular weight is 285 g/mol. The summed E-state index contributed by atoms with van der Waals surface area (Å²) in [5, 5.41) is 0. The Morgan fingerprint density at radius 1 is 1.06 bits per heavy atom. The third-order valence-corrected chi connectivity index (χ3v) is 1.98. The molecule has 0 fully saturated rings. The summed E-state index contributed by atoms with van der Waals surface area (Å²) in [7, 11) is 0. The van der Waals surface area contributed by atoms with Gasteiger partial charge in [-0.2, -0.15) is 22.0 Å². The standard InChI is InChI=1S/C9H14F7NO/c10-7(11)8(12,13)5-18-4-6(17)2-1-3-9(14,15)16/h6-7H,1-5,17H2. The molecular weight excluding hydrogens is 271 g/mol. The van der Waals surface area contributed by atoms with Gasteiger partial charge in [0, 0.05) is 12.5 Å². The summed E-state index contributed by atoms with van der Waals surface area (Å²) < 4.78 is 87.6. The maximum Gasteiger partial charge on any atom is 0.389 e. The van der Waals surface area contributed by atoms with Gasteiger partial charge >= 0.3 is 18.5 Å². The Labute approximate surface area is 99.3 Å². The van der Waals surface area contributed by atoms with Gasteiger partial charge in [-0.25, -0.2) is 8.78 Å². The van der Waals surface area contributed by atoms with Crippen LogP contribution in [0.3, 0.4) is 0 Å². The van der Waals surface area contributed by atoms with Crippen LogP contribution >= 0.6 is 0 Å². The van der Waals surface area contributed by atoms with E-state index in [1.54, 1.807) is 0 Å². The van der Waals surface area contributed by atoms with Crippen LogP contribution in [0.4, 0.5) is 30.7 Å². The first kappa shape index (κ1) is 17.4. The van der Waals surface area contributed by atoms with Gasteiger partial charge in [-0.15, -0.1) is 0 Å². The first-order valence-corrected chi connectivity index (χ1v) is 5.10. The summed E-state index contributed by atoms with van der Waals surface area (Å²) in [6.07, 6.45) is -9.53. The van der Waals surface area contributed by atoms with Gasteiger partial charge in [-0.05, 0) is 12.8 Å². The van der Waals surface area contributed by atoms with Gasteiger partial charge in [-0.1, -0.05) is 0 Å². The van der Waals surface area contributed by atoms with E-state index in [4.69, 9.17) is 5.73 Å². The Morgan fingerprint density at radius 2 is 1.61 bits per heavy atom. The van der Waals surface area contributed by atoms with Gasteiger partial charge in [0.25, 0.3) is 0 Å². The number of nitrogens with two attached hydrogens (primary N) is 1. The van der Waals surface area contributed by atoms with Gasteiger partial charge < -0.3 is 10.5 Å². The predicted octanol–water partition coefficient (Wildman–Crippen LogP) is 2.96. The highest BCUT2D eigenvalue weighted by Gasteiger charge is 2.41. The van der Waals surface area contributed by atoms with E-state index in [-0.39, 0.29) is 12.8 Å². The van der Waals surface area contributed by atoms with Crippen molar-refractivity contribution in [3.8, 4) is 0 Å². The molecule has 0 aromatic rings. The Kier molecular flexibility index (Phi) is 6.90. The summed E-state index contributed by atoms with van der Waals surface area (Å²) in [6, 6.07) is -0.888. The average Bonchev–Trinajstić information content (AvgIpc) is 2.14. The summed E-state index contributed by atoms with van der Waals surface area (Å²) in [4.78, 5) is 0. The molecular formula is C9H14F7NO. The van der Waals surface area contributed by atoms with Crippen molar-refractivity contribution >= 4 is 0 Å². The van der Waals surface area contributed by atoms with E-state index in [1.165, 1.54) is 0 Å².